The molecular weight excluding hydrogens is 226 g/mol. The quantitative estimate of drug-likeness (QED) is 0.801. The van der Waals surface area contributed by atoms with Gasteiger partial charge in [0.1, 0.15) is 0 Å². The standard InChI is InChI=1S/C14H23N3O/c1-4-17(11-13-5-8-15-9-6-13)14(18)7-10-16-12(2)3/h5-6,8-9,12,16H,4,7,10-11H2,1-3H3. The van der Waals surface area contributed by atoms with Crippen LogP contribution in [0.15, 0.2) is 24.5 Å². The van der Waals surface area contributed by atoms with Crippen molar-refractivity contribution >= 4 is 5.91 Å². The van der Waals surface area contributed by atoms with Crippen molar-refractivity contribution in [2.45, 2.75) is 39.8 Å². The van der Waals surface area contributed by atoms with Gasteiger partial charge in [0, 0.05) is 44.5 Å². The first-order valence-electron chi connectivity index (χ1n) is 6.53. The van der Waals surface area contributed by atoms with Gasteiger partial charge in [0.2, 0.25) is 5.91 Å². The van der Waals surface area contributed by atoms with Crippen LogP contribution in [0.25, 0.3) is 0 Å². The van der Waals surface area contributed by atoms with Crippen molar-refractivity contribution in [3.63, 3.8) is 0 Å². The van der Waals surface area contributed by atoms with E-state index >= 15 is 0 Å². The Morgan fingerprint density at radius 1 is 1.39 bits per heavy atom. The van der Waals surface area contributed by atoms with Gasteiger partial charge in [-0.15, -0.1) is 0 Å². The Morgan fingerprint density at radius 2 is 2.06 bits per heavy atom. The van der Waals surface area contributed by atoms with E-state index in [4.69, 9.17) is 0 Å². The summed E-state index contributed by atoms with van der Waals surface area (Å²) in [5.74, 6) is 0.197. The lowest BCUT2D eigenvalue weighted by Crippen LogP contribution is -2.34. The van der Waals surface area contributed by atoms with Crippen molar-refractivity contribution in [1.82, 2.24) is 15.2 Å². The number of nitrogens with one attached hydrogen (secondary N) is 1. The van der Waals surface area contributed by atoms with Gasteiger partial charge in [0.25, 0.3) is 0 Å². The van der Waals surface area contributed by atoms with Crippen molar-refractivity contribution in [1.29, 1.82) is 0 Å². The fraction of sp³-hybridized carbons (Fsp3) is 0.571. The number of nitrogens with zero attached hydrogens (tertiary/aromatic N) is 2. The Bertz CT molecular complexity index is 351. The van der Waals surface area contributed by atoms with E-state index in [2.05, 4.69) is 24.1 Å². The largest absolute Gasteiger partial charge is 0.339 e. The molecule has 100 valence electrons. The molecule has 0 aromatic carbocycles. The molecule has 0 saturated carbocycles. The number of hydrogen-bond donors (Lipinski definition) is 1. The van der Waals surface area contributed by atoms with Gasteiger partial charge >= 0.3 is 0 Å². The van der Waals surface area contributed by atoms with Crippen LogP contribution in [0.3, 0.4) is 0 Å². The molecule has 0 atom stereocenters. The second-order valence-electron chi connectivity index (χ2n) is 4.62. The summed E-state index contributed by atoms with van der Waals surface area (Å²) in [5.41, 5.74) is 1.12. The Labute approximate surface area is 109 Å². The van der Waals surface area contributed by atoms with Crippen LogP contribution in [-0.2, 0) is 11.3 Å². The van der Waals surface area contributed by atoms with Crippen molar-refractivity contribution < 1.29 is 4.79 Å². The first-order valence-corrected chi connectivity index (χ1v) is 6.53. The molecule has 1 N–H and O–H groups in total. The van der Waals surface area contributed by atoms with E-state index in [1.54, 1.807) is 12.4 Å². The highest BCUT2D eigenvalue weighted by molar-refractivity contribution is 5.76. The number of carbonyl (C=O) groups is 1. The molecule has 1 amide bonds. The molecule has 1 aromatic rings. The fourth-order valence-electron chi connectivity index (χ4n) is 1.71. The van der Waals surface area contributed by atoms with E-state index in [1.807, 2.05) is 24.0 Å². The average molecular weight is 249 g/mol. The second-order valence-corrected chi connectivity index (χ2v) is 4.62. The summed E-state index contributed by atoms with van der Waals surface area (Å²) in [6, 6.07) is 4.32. The van der Waals surface area contributed by atoms with Gasteiger partial charge in [-0.25, -0.2) is 0 Å². The maximum absolute atomic E-state index is 12.0. The van der Waals surface area contributed by atoms with E-state index in [-0.39, 0.29) is 5.91 Å². The van der Waals surface area contributed by atoms with Crippen molar-refractivity contribution in [3.8, 4) is 0 Å². The smallest absolute Gasteiger partial charge is 0.224 e. The van der Waals surface area contributed by atoms with Crippen LogP contribution in [0.4, 0.5) is 0 Å². The molecule has 0 bridgehead atoms. The zero-order valence-corrected chi connectivity index (χ0v) is 11.5. The van der Waals surface area contributed by atoms with Crippen LogP contribution >= 0.6 is 0 Å². The summed E-state index contributed by atoms with van der Waals surface area (Å²) in [6.45, 7) is 8.32. The SMILES string of the molecule is CCN(Cc1ccncc1)C(=O)CCNC(C)C. The summed E-state index contributed by atoms with van der Waals surface area (Å²) in [7, 11) is 0. The molecule has 1 aromatic heterocycles. The minimum absolute atomic E-state index is 0.197. The Hall–Kier alpha value is -1.42. The van der Waals surface area contributed by atoms with Crippen LogP contribution < -0.4 is 5.32 Å². The number of amides is 1. The van der Waals surface area contributed by atoms with Gasteiger partial charge in [0.05, 0.1) is 0 Å². The van der Waals surface area contributed by atoms with Crippen LogP contribution in [-0.4, -0.2) is 34.9 Å². The molecule has 0 spiro atoms. The first-order chi connectivity index (χ1) is 8.63. The van der Waals surface area contributed by atoms with E-state index in [0.717, 1.165) is 18.7 Å². The van der Waals surface area contributed by atoms with E-state index < -0.39 is 0 Å². The topological polar surface area (TPSA) is 45.2 Å². The van der Waals surface area contributed by atoms with Crippen molar-refractivity contribution in [2.75, 3.05) is 13.1 Å². The van der Waals surface area contributed by atoms with Gasteiger partial charge in [-0.1, -0.05) is 13.8 Å². The summed E-state index contributed by atoms with van der Waals surface area (Å²) in [4.78, 5) is 17.9. The monoisotopic (exact) mass is 249 g/mol. The van der Waals surface area contributed by atoms with Gasteiger partial charge < -0.3 is 10.2 Å². The molecule has 0 unspecified atom stereocenters. The minimum Gasteiger partial charge on any atom is -0.339 e. The Balaban J connectivity index is 2.43. The summed E-state index contributed by atoms with van der Waals surface area (Å²) in [6.07, 6.45) is 4.07. The summed E-state index contributed by atoms with van der Waals surface area (Å²) in [5, 5.41) is 3.26. The normalized spacial score (nSPS) is 10.7. The van der Waals surface area contributed by atoms with E-state index in [1.165, 1.54) is 0 Å². The third-order valence-corrected chi connectivity index (χ3v) is 2.75. The number of hydrogen-bond acceptors (Lipinski definition) is 3. The molecular formula is C14H23N3O. The molecule has 4 heteroatoms. The Morgan fingerprint density at radius 3 is 2.61 bits per heavy atom. The molecule has 0 fully saturated rings. The third kappa shape index (κ3) is 5.27. The second kappa shape index (κ2) is 7.82. The zero-order chi connectivity index (χ0) is 13.4. The molecule has 18 heavy (non-hydrogen) atoms. The van der Waals surface area contributed by atoms with Gasteiger partial charge in [-0.3, -0.25) is 9.78 Å². The lowest BCUT2D eigenvalue weighted by atomic mass is 10.2. The predicted molar refractivity (Wildman–Crippen MR) is 73.1 cm³/mol. The van der Waals surface area contributed by atoms with Crippen molar-refractivity contribution in [3.05, 3.63) is 30.1 Å². The lowest BCUT2D eigenvalue weighted by molar-refractivity contribution is -0.131. The van der Waals surface area contributed by atoms with Crippen LogP contribution in [0.2, 0.25) is 0 Å². The summed E-state index contributed by atoms with van der Waals surface area (Å²) >= 11 is 0. The average Bonchev–Trinajstić information content (AvgIpc) is 2.36. The van der Waals surface area contributed by atoms with Gasteiger partial charge in [-0.05, 0) is 24.6 Å². The molecule has 0 aliphatic rings. The minimum atomic E-state index is 0.197. The van der Waals surface area contributed by atoms with Crippen molar-refractivity contribution in [2.24, 2.45) is 0 Å². The van der Waals surface area contributed by atoms with Crippen LogP contribution in [0, 0.1) is 0 Å². The van der Waals surface area contributed by atoms with Gasteiger partial charge in [-0.2, -0.15) is 0 Å². The van der Waals surface area contributed by atoms with Crippen LogP contribution in [0.1, 0.15) is 32.8 Å². The predicted octanol–water partition coefficient (Wildman–Crippen LogP) is 1.82. The highest BCUT2D eigenvalue weighted by Gasteiger charge is 2.11. The van der Waals surface area contributed by atoms with Gasteiger partial charge in [0.15, 0.2) is 0 Å². The molecule has 4 nitrogen and oxygen atoms in total. The third-order valence-electron chi connectivity index (χ3n) is 2.75. The first kappa shape index (κ1) is 14.6. The summed E-state index contributed by atoms with van der Waals surface area (Å²) < 4.78 is 0. The maximum Gasteiger partial charge on any atom is 0.224 e. The zero-order valence-electron chi connectivity index (χ0n) is 11.5. The number of pyridine rings is 1. The van der Waals surface area contributed by atoms with Crippen LogP contribution in [0.5, 0.6) is 0 Å². The molecule has 1 heterocycles. The molecule has 0 aliphatic heterocycles. The highest BCUT2D eigenvalue weighted by atomic mass is 16.2. The maximum atomic E-state index is 12.0. The van der Waals surface area contributed by atoms with E-state index in [9.17, 15) is 4.79 Å². The molecule has 1 rings (SSSR count). The fourth-order valence-corrected chi connectivity index (χ4v) is 1.71. The lowest BCUT2D eigenvalue weighted by Gasteiger charge is -2.21. The molecule has 0 aliphatic carbocycles. The number of rotatable bonds is 7. The number of aromatic nitrogens is 1. The molecule has 0 radical (unpaired) electrons. The number of carbonyl (C=O) groups excluding carboxylic acids is 1. The van der Waals surface area contributed by atoms with E-state index in [0.29, 0.717) is 19.0 Å². The molecule has 0 saturated heterocycles. The Kier molecular flexibility index (Phi) is 6.36. The highest BCUT2D eigenvalue weighted by Crippen LogP contribution is 2.04.